The molecule has 16 heavy (non-hydrogen) atoms. The fraction of sp³-hybridized carbons (Fsp3) is 0.462. The molecule has 1 aliphatic heterocycles. The van der Waals surface area contributed by atoms with Crippen molar-refractivity contribution in [3.05, 3.63) is 35.6 Å². The summed E-state index contributed by atoms with van der Waals surface area (Å²) in [5, 5.41) is 0. The van der Waals surface area contributed by atoms with Crippen LogP contribution in [-0.4, -0.2) is 18.0 Å². The average molecular weight is 222 g/mol. The van der Waals surface area contributed by atoms with Gasteiger partial charge in [-0.3, -0.25) is 0 Å². The number of hydrogen-bond donors (Lipinski definition) is 0. The number of benzene rings is 1. The van der Waals surface area contributed by atoms with Crippen molar-refractivity contribution in [1.82, 2.24) is 0 Å². The Bertz CT molecular complexity index is 401. The van der Waals surface area contributed by atoms with Crippen LogP contribution in [0.3, 0.4) is 0 Å². The Morgan fingerprint density at radius 3 is 2.75 bits per heavy atom. The maximum atomic E-state index is 13.6. The molecule has 1 aromatic carbocycles. The summed E-state index contributed by atoms with van der Waals surface area (Å²) in [6.45, 7) is 3.84. The molecule has 2 atom stereocenters. The van der Waals surface area contributed by atoms with Gasteiger partial charge in [0.05, 0.1) is 5.60 Å². The average Bonchev–Trinajstić information content (AvgIpc) is 2.54. The summed E-state index contributed by atoms with van der Waals surface area (Å²) in [7, 11) is 0. The third kappa shape index (κ3) is 2.00. The van der Waals surface area contributed by atoms with Crippen molar-refractivity contribution in [3.63, 3.8) is 0 Å². The second-order valence-corrected chi connectivity index (χ2v) is 4.81. The maximum absolute atomic E-state index is 13.6. The van der Waals surface area contributed by atoms with Gasteiger partial charge in [0, 0.05) is 5.92 Å². The molecule has 2 unspecified atom stereocenters. The van der Waals surface area contributed by atoms with Gasteiger partial charge in [0.2, 0.25) is 0 Å². The highest BCUT2D eigenvalue weighted by Gasteiger charge is 2.41. The molecule has 0 amide bonds. The van der Waals surface area contributed by atoms with E-state index >= 15 is 0 Å². The highest BCUT2D eigenvalue weighted by Crippen LogP contribution is 2.40. The molecule has 0 bridgehead atoms. The summed E-state index contributed by atoms with van der Waals surface area (Å²) in [4.78, 5) is 10.9. The van der Waals surface area contributed by atoms with Crippen LogP contribution >= 0.6 is 0 Å². The molecule has 1 aromatic rings. The minimum atomic E-state index is -0.535. The Morgan fingerprint density at radius 1 is 1.44 bits per heavy atom. The Labute approximate surface area is 94.4 Å². The number of rotatable bonds is 2. The first-order chi connectivity index (χ1) is 7.53. The first kappa shape index (κ1) is 11.3. The smallest absolute Gasteiger partial charge is 0.149 e. The third-order valence-electron chi connectivity index (χ3n) is 3.00. The lowest BCUT2D eigenvalue weighted by Crippen LogP contribution is -2.21. The van der Waals surface area contributed by atoms with E-state index in [4.69, 9.17) is 4.74 Å². The molecule has 0 radical (unpaired) electrons. The predicted octanol–water partition coefficient (Wildman–Crippen LogP) is 2.68. The van der Waals surface area contributed by atoms with Crippen LogP contribution in [0.2, 0.25) is 0 Å². The van der Waals surface area contributed by atoms with E-state index < -0.39 is 6.10 Å². The van der Waals surface area contributed by atoms with Crippen LogP contribution < -0.4 is 0 Å². The molecule has 86 valence electrons. The van der Waals surface area contributed by atoms with Gasteiger partial charge in [0.15, 0.2) is 0 Å². The number of halogens is 1. The van der Waals surface area contributed by atoms with Crippen molar-refractivity contribution < 1.29 is 13.9 Å². The molecule has 0 saturated carbocycles. The zero-order chi connectivity index (χ0) is 11.8. The Morgan fingerprint density at radius 2 is 2.12 bits per heavy atom. The van der Waals surface area contributed by atoms with Crippen LogP contribution in [0.5, 0.6) is 0 Å². The third-order valence-corrected chi connectivity index (χ3v) is 3.00. The van der Waals surface area contributed by atoms with E-state index in [2.05, 4.69) is 0 Å². The van der Waals surface area contributed by atoms with Crippen molar-refractivity contribution >= 4 is 6.29 Å². The van der Waals surface area contributed by atoms with Crippen molar-refractivity contribution in [2.75, 3.05) is 0 Å². The van der Waals surface area contributed by atoms with Gasteiger partial charge in [-0.2, -0.15) is 0 Å². The number of ether oxygens (including phenoxy) is 1. The van der Waals surface area contributed by atoms with Crippen LogP contribution in [0.1, 0.15) is 31.7 Å². The van der Waals surface area contributed by atoms with Crippen molar-refractivity contribution in [3.8, 4) is 0 Å². The van der Waals surface area contributed by atoms with E-state index in [0.29, 0.717) is 12.0 Å². The summed E-state index contributed by atoms with van der Waals surface area (Å²) >= 11 is 0. The SMILES string of the molecule is CC1(C)CC(c2ccccc2F)C(C=O)O1. The van der Waals surface area contributed by atoms with Gasteiger partial charge in [-0.15, -0.1) is 0 Å². The van der Waals surface area contributed by atoms with Gasteiger partial charge in [0.25, 0.3) is 0 Å². The molecular weight excluding hydrogens is 207 g/mol. The van der Waals surface area contributed by atoms with E-state index in [1.807, 2.05) is 13.8 Å². The highest BCUT2D eigenvalue weighted by molar-refractivity contribution is 5.59. The molecule has 3 heteroatoms. The zero-order valence-corrected chi connectivity index (χ0v) is 9.44. The van der Waals surface area contributed by atoms with Crippen LogP contribution in [0.15, 0.2) is 24.3 Å². The molecule has 0 aliphatic carbocycles. The fourth-order valence-electron chi connectivity index (χ4n) is 2.33. The van der Waals surface area contributed by atoms with Gasteiger partial charge < -0.3 is 9.53 Å². The number of carbonyl (C=O) groups is 1. The van der Waals surface area contributed by atoms with Crippen molar-refractivity contribution in [1.29, 1.82) is 0 Å². The maximum Gasteiger partial charge on any atom is 0.149 e. The van der Waals surface area contributed by atoms with Crippen LogP contribution in [0, 0.1) is 5.82 Å². The molecule has 2 nitrogen and oxygen atoms in total. The molecule has 1 saturated heterocycles. The van der Waals surface area contributed by atoms with Crippen LogP contribution in [0.25, 0.3) is 0 Å². The summed E-state index contributed by atoms with van der Waals surface area (Å²) in [5.74, 6) is -0.436. The molecule has 1 aliphatic rings. The standard InChI is InChI=1S/C13H15FO2/c1-13(2)7-10(12(8-15)16-13)9-5-3-4-6-11(9)14/h3-6,8,10,12H,7H2,1-2H3. The monoisotopic (exact) mass is 222 g/mol. The minimum absolute atomic E-state index is 0.173. The summed E-state index contributed by atoms with van der Waals surface area (Å²) in [5.41, 5.74) is 0.212. The predicted molar refractivity (Wildman–Crippen MR) is 58.8 cm³/mol. The van der Waals surface area contributed by atoms with E-state index in [1.54, 1.807) is 18.2 Å². The molecule has 2 rings (SSSR count). The van der Waals surface area contributed by atoms with E-state index in [1.165, 1.54) is 6.07 Å². The molecule has 0 N–H and O–H groups in total. The lowest BCUT2D eigenvalue weighted by molar-refractivity contribution is -0.121. The number of aldehydes is 1. The van der Waals surface area contributed by atoms with Gasteiger partial charge >= 0.3 is 0 Å². The van der Waals surface area contributed by atoms with Gasteiger partial charge in [0.1, 0.15) is 18.2 Å². The summed E-state index contributed by atoms with van der Waals surface area (Å²) in [6, 6.07) is 6.57. The zero-order valence-electron chi connectivity index (χ0n) is 9.44. The van der Waals surface area contributed by atoms with Gasteiger partial charge in [-0.05, 0) is 31.9 Å². The number of carbonyl (C=O) groups excluding carboxylic acids is 1. The van der Waals surface area contributed by atoms with E-state index in [0.717, 1.165) is 6.29 Å². The Hall–Kier alpha value is -1.22. The van der Waals surface area contributed by atoms with Crippen molar-refractivity contribution in [2.24, 2.45) is 0 Å². The van der Waals surface area contributed by atoms with E-state index in [-0.39, 0.29) is 17.3 Å². The topological polar surface area (TPSA) is 26.3 Å². The molecular formula is C13H15FO2. The first-order valence-corrected chi connectivity index (χ1v) is 5.41. The van der Waals surface area contributed by atoms with Crippen LogP contribution in [-0.2, 0) is 9.53 Å². The molecule has 1 heterocycles. The lowest BCUT2D eigenvalue weighted by Gasteiger charge is -2.16. The Kier molecular flexibility index (Phi) is 2.80. The van der Waals surface area contributed by atoms with Gasteiger partial charge in [-0.1, -0.05) is 18.2 Å². The quantitative estimate of drug-likeness (QED) is 0.719. The second kappa shape index (κ2) is 3.98. The first-order valence-electron chi connectivity index (χ1n) is 5.41. The highest BCUT2D eigenvalue weighted by atomic mass is 19.1. The van der Waals surface area contributed by atoms with Crippen LogP contribution in [0.4, 0.5) is 4.39 Å². The minimum Gasteiger partial charge on any atom is -0.364 e. The number of hydrogen-bond acceptors (Lipinski definition) is 2. The normalized spacial score (nSPS) is 27.9. The molecule has 0 spiro atoms. The summed E-state index contributed by atoms with van der Waals surface area (Å²) in [6.07, 6.45) is 0.898. The fourth-order valence-corrected chi connectivity index (χ4v) is 2.33. The molecule has 1 fully saturated rings. The lowest BCUT2D eigenvalue weighted by atomic mass is 9.88. The largest absolute Gasteiger partial charge is 0.364 e. The van der Waals surface area contributed by atoms with Gasteiger partial charge in [-0.25, -0.2) is 4.39 Å². The van der Waals surface area contributed by atoms with E-state index in [9.17, 15) is 9.18 Å². The second-order valence-electron chi connectivity index (χ2n) is 4.81. The Balaban J connectivity index is 2.34. The van der Waals surface area contributed by atoms with Crippen molar-refractivity contribution in [2.45, 2.75) is 37.9 Å². The summed E-state index contributed by atoms with van der Waals surface area (Å²) < 4.78 is 19.2. The molecule has 0 aromatic heterocycles.